The van der Waals surface area contributed by atoms with Crippen molar-refractivity contribution in [2.24, 2.45) is 5.73 Å². The number of aromatic nitrogens is 2. The second-order valence-corrected chi connectivity index (χ2v) is 5.84. The maximum atomic E-state index is 6.52. The SMILES string of the molecule is Cc1ccn2c(C(N)c3ccc(C)c(C)c3)c(C)nc2c1. The summed E-state index contributed by atoms with van der Waals surface area (Å²) in [5.41, 5.74) is 14.4. The first-order chi connectivity index (χ1) is 9.97. The normalized spacial score (nSPS) is 12.8. The van der Waals surface area contributed by atoms with E-state index in [1.54, 1.807) is 0 Å². The minimum Gasteiger partial charge on any atom is -0.319 e. The van der Waals surface area contributed by atoms with Crippen molar-refractivity contribution in [2.75, 3.05) is 0 Å². The number of aryl methyl sites for hydroxylation is 4. The topological polar surface area (TPSA) is 43.3 Å². The molecule has 0 amide bonds. The van der Waals surface area contributed by atoms with Gasteiger partial charge in [0.1, 0.15) is 5.65 Å². The fourth-order valence-electron chi connectivity index (χ4n) is 2.77. The molecule has 2 heterocycles. The van der Waals surface area contributed by atoms with Crippen LogP contribution in [0.1, 0.15) is 39.7 Å². The lowest BCUT2D eigenvalue weighted by atomic mass is 9.99. The van der Waals surface area contributed by atoms with Gasteiger partial charge in [0.15, 0.2) is 0 Å². The van der Waals surface area contributed by atoms with Crippen LogP contribution in [0.25, 0.3) is 5.65 Å². The predicted molar refractivity (Wildman–Crippen MR) is 86.6 cm³/mol. The summed E-state index contributed by atoms with van der Waals surface area (Å²) < 4.78 is 2.10. The summed E-state index contributed by atoms with van der Waals surface area (Å²) in [6.45, 7) is 8.34. The van der Waals surface area contributed by atoms with Crippen LogP contribution in [0.5, 0.6) is 0 Å². The van der Waals surface area contributed by atoms with Crippen molar-refractivity contribution < 1.29 is 0 Å². The van der Waals surface area contributed by atoms with E-state index < -0.39 is 0 Å². The van der Waals surface area contributed by atoms with E-state index >= 15 is 0 Å². The number of benzene rings is 1. The zero-order chi connectivity index (χ0) is 15.1. The monoisotopic (exact) mass is 279 g/mol. The third kappa shape index (κ3) is 2.34. The summed E-state index contributed by atoms with van der Waals surface area (Å²) in [6, 6.07) is 10.4. The highest BCUT2D eigenvalue weighted by molar-refractivity contribution is 5.48. The maximum Gasteiger partial charge on any atom is 0.137 e. The molecule has 3 rings (SSSR count). The molecule has 0 spiro atoms. The quantitative estimate of drug-likeness (QED) is 0.778. The van der Waals surface area contributed by atoms with E-state index in [2.05, 4.69) is 66.7 Å². The van der Waals surface area contributed by atoms with Crippen LogP contribution in [-0.4, -0.2) is 9.38 Å². The smallest absolute Gasteiger partial charge is 0.137 e. The Morgan fingerprint density at radius 1 is 1.00 bits per heavy atom. The van der Waals surface area contributed by atoms with Crippen molar-refractivity contribution in [3.8, 4) is 0 Å². The van der Waals surface area contributed by atoms with Gasteiger partial charge in [-0.3, -0.25) is 0 Å². The molecule has 3 aromatic rings. The Morgan fingerprint density at radius 2 is 1.76 bits per heavy atom. The van der Waals surface area contributed by atoms with E-state index in [1.165, 1.54) is 16.7 Å². The Balaban J connectivity index is 2.14. The van der Waals surface area contributed by atoms with E-state index in [4.69, 9.17) is 5.73 Å². The van der Waals surface area contributed by atoms with Gasteiger partial charge in [0.2, 0.25) is 0 Å². The van der Waals surface area contributed by atoms with Gasteiger partial charge in [0.05, 0.1) is 17.4 Å². The average Bonchev–Trinajstić information content (AvgIpc) is 2.76. The second kappa shape index (κ2) is 5.01. The molecule has 0 aliphatic rings. The number of nitrogens with two attached hydrogens (primary N) is 1. The number of nitrogens with zero attached hydrogens (tertiary/aromatic N) is 2. The van der Waals surface area contributed by atoms with Gasteiger partial charge >= 0.3 is 0 Å². The summed E-state index contributed by atoms with van der Waals surface area (Å²) in [7, 11) is 0. The lowest BCUT2D eigenvalue weighted by Gasteiger charge is -2.15. The lowest BCUT2D eigenvalue weighted by molar-refractivity contribution is 0.803. The number of pyridine rings is 1. The van der Waals surface area contributed by atoms with Crippen molar-refractivity contribution in [3.63, 3.8) is 0 Å². The van der Waals surface area contributed by atoms with Crippen molar-refractivity contribution in [2.45, 2.75) is 33.7 Å². The van der Waals surface area contributed by atoms with Crippen LogP contribution in [0.4, 0.5) is 0 Å². The molecule has 2 aromatic heterocycles. The molecule has 1 unspecified atom stereocenters. The molecule has 0 bridgehead atoms. The van der Waals surface area contributed by atoms with Gasteiger partial charge in [0, 0.05) is 6.20 Å². The van der Waals surface area contributed by atoms with E-state index in [-0.39, 0.29) is 6.04 Å². The minimum absolute atomic E-state index is 0.165. The van der Waals surface area contributed by atoms with E-state index in [0.717, 1.165) is 22.6 Å². The van der Waals surface area contributed by atoms with Crippen LogP contribution in [0, 0.1) is 27.7 Å². The first kappa shape index (κ1) is 13.8. The highest BCUT2D eigenvalue weighted by Gasteiger charge is 2.18. The molecule has 0 saturated heterocycles. The van der Waals surface area contributed by atoms with Gasteiger partial charge in [-0.25, -0.2) is 4.98 Å². The van der Waals surface area contributed by atoms with Crippen molar-refractivity contribution in [1.29, 1.82) is 0 Å². The molecule has 0 saturated carbocycles. The number of fused-ring (bicyclic) bond motifs is 1. The molecule has 1 aromatic carbocycles. The Labute approximate surface area is 125 Å². The lowest BCUT2D eigenvalue weighted by Crippen LogP contribution is -2.15. The minimum atomic E-state index is -0.165. The summed E-state index contributed by atoms with van der Waals surface area (Å²) >= 11 is 0. The summed E-state index contributed by atoms with van der Waals surface area (Å²) in [5.74, 6) is 0. The molecule has 1 atom stereocenters. The maximum absolute atomic E-state index is 6.52. The van der Waals surface area contributed by atoms with Gasteiger partial charge < -0.3 is 10.1 Å². The molecular formula is C18H21N3. The van der Waals surface area contributed by atoms with E-state index in [1.807, 2.05) is 6.92 Å². The van der Waals surface area contributed by atoms with Crippen molar-refractivity contribution in [3.05, 3.63) is 70.2 Å². The van der Waals surface area contributed by atoms with Gasteiger partial charge in [-0.05, 0) is 62.1 Å². The predicted octanol–water partition coefficient (Wildman–Crippen LogP) is 3.62. The van der Waals surface area contributed by atoms with Crippen LogP contribution in [-0.2, 0) is 0 Å². The van der Waals surface area contributed by atoms with Crippen LogP contribution >= 0.6 is 0 Å². The largest absolute Gasteiger partial charge is 0.319 e. The van der Waals surface area contributed by atoms with Crippen LogP contribution in [0.15, 0.2) is 36.5 Å². The Morgan fingerprint density at radius 3 is 2.48 bits per heavy atom. The highest BCUT2D eigenvalue weighted by Crippen LogP contribution is 2.25. The standard InChI is InChI=1S/C18H21N3/c1-11-7-8-21-16(9-11)20-14(4)18(21)17(19)15-6-5-12(2)13(3)10-15/h5-10,17H,19H2,1-4H3. The first-order valence-corrected chi connectivity index (χ1v) is 7.25. The fourth-order valence-corrected chi connectivity index (χ4v) is 2.77. The third-order valence-corrected chi connectivity index (χ3v) is 4.19. The van der Waals surface area contributed by atoms with Crippen molar-refractivity contribution >= 4 is 5.65 Å². The third-order valence-electron chi connectivity index (χ3n) is 4.19. The molecule has 0 fully saturated rings. The number of rotatable bonds is 2. The summed E-state index contributed by atoms with van der Waals surface area (Å²) in [6.07, 6.45) is 2.06. The molecule has 21 heavy (non-hydrogen) atoms. The fraction of sp³-hybridized carbons (Fsp3) is 0.278. The second-order valence-electron chi connectivity index (χ2n) is 5.84. The molecule has 0 aliphatic heterocycles. The van der Waals surface area contributed by atoms with E-state index in [0.29, 0.717) is 0 Å². The van der Waals surface area contributed by atoms with Gasteiger partial charge in [-0.2, -0.15) is 0 Å². The molecule has 0 radical (unpaired) electrons. The van der Waals surface area contributed by atoms with Gasteiger partial charge in [-0.15, -0.1) is 0 Å². The number of hydrogen-bond acceptors (Lipinski definition) is 2. The number of hydrogen-bond donors (Lipinski definition) is 1. The summed E-state index contributed by atoms with van der Waals surface area (Å²) in [4.78, 5) is 4.64. The summed E-state index contributed by atoms with van der Waals surface area (Å²) in [5, 5.41) is 0. The zero-order valence-corrected chi connectivity index (χ0v) is 13.0. The van der Waals surface area contributed by atoms with Crippen LogP contribution in [0.2, 0.25) is 0 Å². The van der Waals surface area contributed by atoms with E-state index in [9.17, 15) is 0 Å². The van der Waals surface area contributed by atoms with Gasteiger partial charge in [-0.1, -0.05) is 18.2 Å². The Hall–Kier alpha value is -2.13. The molecule has 2 N–H and O–H groups in total. The zero-order valence-electron chi connectivity index (χ0n) is 13.0. The molecule has 3 heteroatoms. The van der Waals surface area contributed by atoms with Crippen LogP contribution < -0.4 is 5.73 Å². The first-order valence-electron chi connectivity index (χ1n) is 7.25. The van der Waals surface area contributed by atoms with Gasteiger partial charge in [0.25, 0.3) is 0 Å². The molecule has 3 nitrogen and oxygen atoms in total. The molecule has 108 valence electrons. The molecule has 0 aliphatic carbocycles. The van der Waals surface area contributed by atoms with Crippen molar-refractivity contribution in [1.82, 2.24) is 9.38 Å². The Kier molecular flexibility index (Phi) is 3.30. The Bertz CT molecular complexity index is 815. The number of imidazole rings is 1. The molecular weight excluding hydrogens is 258 g/mol. The van der Waals surface area contributed by atoms with Crippen LogP contribution in [0.3, 0.4) is 0 Å². The highest BCUT2D eigenvalue weighted by atomic mass is 15.0. The average molecular weight is 279 g/mol.